The van der Waals surface area contributed by atoms with Crippen LogP contribution in [0.5, 0.6) is 0 Å². The van der Waals surface area contributed by atoms with E-state index in [1.54, 1.807) is 6.20 Å². The third-order valence-corrected chi connectivity index (χ3v) is 7.18. The second-order valence-corrected chi connectivity index (χ2v) is 9.95. The first-order valence-corrected chi connectivity index (χ1v) is 12.7. The number of likely N-dealkylation sites (tertiary alicyclic amines) is 1. The Morgan fingerprint density at radius 3 is 2.37 bits per heavy atom. The van der Waals surface area contributed by atoms with E-state index in [-0.39, 0.29) is 17.9 Å². The number of aromatic nitrogens is 3. The third-order valence-electron chi connectivity index (χ3n) is 7.18. The second kappa shape index (κ2) is 9.77. The first kappa shape index (κ1) is 23.5. The minimum absolute atomic E-state index is 0.000981. The molecule has 5 rings (SSSR count). The van der Waals surface area contributed by atoms with Gasteiger partial charge in [-0.05, 0) is 45.2 Å². The van der Waals surface area contributed by atoms with E-state index in [1.807, 2.05) is 38.7 Å². The molecule has 0 radical (unpaired) electrons. The van der Waals surface area contributed by atoms with Crippen LogP contribution in [0.25, 0.3) is 22.3 Å². The molecule has 0 atom stereocenters. The van der Waals surface area contributed by atoms with Gasteiger partial charge in [-0.3, -0.25) is 14.5 Å². The number of rotatable bonds is 5. The Hall–Kier alpha value is -3.26. The number of piperazine rings is 1. The lowest BCUT2D eigenvalue weighted by Gasteiger charge is -2.35. The van der Waals surface area contributed by atoms with E-state index in [0.29, 0.717) is 38.3 Å². The van der Waals surface area contributed by atoms with Crippen LogP contribution in [0.15, 0.2) is 36.5 Å². The van der Waals surface area contributed by atoms with Gasteiger partial charge in [0, 0.05) is 50.9 Å². The van der Waals surface area contributed by atoms with Crippen molar-refractivity contribution in [2.75, 3.05) is 45.8 Å². The number of carbonyl (C=O) groups is 2. The van der Waals surface area contributed by atoms with E-state index in [0.717, 1.165) is 53.8 Å². The molecule has 4 heterocycles. The standard InChI is InChI=1S/C27H34N6O2/c1-19(2)33-26-23(17-28-33)22(16-24(29-26)21-9-5-4-8-20(21)3)27(35)32-14-12-30(13-15-32)18-25(34)31-10-6-7-11-31/h4-5,8-9,16-17,19H,6-7,10-15,18H2,1-3H3. The fourth-order valence-corrected chi connectivity index (χ4v) is 5.11. The van der Waals surface area contributed by atoms with Crippen molar-refractivity contribution in [1.82, 2.24) is 29.5 Å². The van der Waals surface area contributed by atoms with Gasteiger partial charge in [0.1, 0.15) is 0 Å². The molecule has 1 aromatic carbocycles. The van der Waals surface area contributed by atoms with Crippen molar-refractivity contribution in [2.45, 2.75) is 39.7 Å². The predicted octanol–water partition coefficient (Wildman–Crippen LogP) is 3.37. The fraction of sp³-hybridized carbons (Fsp3) is 0.481. The molecule has 0 saturated carbocycles. The van der Waals surface area contributed by atoms with Crippen molar-refractivity contribution in [1.29, 1.82) is 0 Å². The van der Waals surface area contributed by atoms with Gasteiger partial charge in [0.15, 0.2) is 5.65 Å². The summed E-state index contributed by atoms with van der Waals surface area (Å²) in [4.78, 5) is 37.3. The van der Waals surface area contributed by atoms with Gasteiger partial charge in [-0.15, -0.1) is 0 Å². The Bertz CT molecular complexity index is 1240. The van der Waals surface area contributed by atoms with Gasteiger partial charge in [-0.1, -0.05) is 24.3 Å². The topological polar surface area (TPSA) is 74.6 Å². The van der Waals surface area contributed by atoms with E-state index >= 15 is 0 Å². The van der Waals surface area contributed by atoms with Crippen molar-refractivity contribution in [3.63, 3.8) is 0 Å². The highest BCUT2D eigenvalue weighted by atomic mass is 16.2. The van der Waals surface area contributed by atoms with Crippen LogP contribution in [-0.4, -0.2) is 87.1 Å². The van der Waals surface area contributed by atoms with Gasteiger partial charge < -0.3 is 9.80 Å². The van der Waals surface area contributed by atoms with Crippen molar-refractivity contribution >= 4 is 22.8 Å². The summed E-state index contributed by atoms with van der Waals surface area (Å²) in [6, 6.07) is 10.2. The number of amides is 2. The molecule has 35 heavy (non-hydrogen) atoms. The molecule has 0 spiro atoms. The highest BCUT2D eigenvalue weighted by Crippen LogP contribution is 2.29. The van der Waals surface area contributed by atoms with E-state index in [9.17, 15) is 9.59 Å². The first-order valence-electron chi connectivity index (χ1n) is 12.7. The van der Waals surface area contributed by atoms with Crippen LogP contribution >= 0.6 is 0 Å². The van der Waals surface area contributed by atoms with Crippen LogP contribution in [0.4, 0.5) is 0 Å². The second-order valence-electron chi connectivity index (χ2n) is 9.95. The van der Waals surface area contributed by atoms with Crippen LogP contribution in [-0.2, 0) is 4.79 Å². The molecule has 2 saturated heterocycles. The number of pyridine rings is 1. The summed E-state index contributed by atoms with van der Waals surface area (Å²) >= 11 is 0. The molecule has 2 amide bonds. The quantitative estimate of drug-likeness (QED) is 0.567. The average Bonchev–Trinajstić information content (AvgIpc) is 3.54. The normalized spacial score (nSPS) is 17.0. The lowest BCUT2D eigenvalue weighted by Crippen LogP contribution is -2.51. The highest BCUT2D eigenvalue weighted by molar-refractivity contribution is 6.06. The Balaban J connectivity index is 1.39. The fourth-order valence-electron chi connectivity index (χ4n) is 5.11. The molecule has 3 aromatic rings. The number of carbonyl (C=O) groups excluding carboxylic acids is 2. The molecule has 2 aromatic heterocycles. The van der Waals surface area contributed by atoms with Gasteiger partial charge in [-0.2, -0.15) is 5.10 Å². The predicted molar refractivity (Wildman–Crippen MR) is 136 cm³/mol. The monoisotopic (exact) mass is 474 g/mol. The molecule has 2 fully saturated rings. The average molecular weight is 475 g/mol. The highest BCUT2D eigenvalue weighted by Gasteiger charge is 2.28. The van der Waals surface area contributed by atoms with Gasteiger partial charge in [-0.25, -0.2) is 9.67 Å². The Morgan fingerprint density at radius 2 is 1.69 bits per heavy atom. The number of hydrogen-bond donors (Lipinski definition) is 0. The molecular formula is C27H34N6O2. The molecule has 2 aliphatic rings. The molecule has 0 N–H and O–H groups in total. The zero-order chi connectivity index (χ0) is 24.5. The van der Waals surface area contributed by atoms with Crippen LogP contribution in [0.2, 0.25) is 0 Å². The van der Waals surface area contributed by atoms with Gasteiger partial charge in [0.25, 0.3) is 5.91 Å². The van der Waals surface area contributed by atoms with Crippen molar-refractivity contribution < 1.29 is 9.59 Å². The van der Waals surface area contributed by atoms with Crippen LogP contribution in [0.1, 0.15) is 48.7 Å². The van der Waals surface area contributed by atoms with Crippen LogP contribution in [0, 0.1) is 6.92 Å². The SMILES string of the molecule is Cc1ccccc1-c1cc(C(=O)N2CCN(CC(=O)N3CCCC3)CC2)c2cnn(C(C)C)c2n1. The van der Waals surface area contributed by atoms with Crippen molar-refractivity contribution in [2.24, 2.45) is 0 Å². The summed E-state index contributed by atoms with van der Waals surface area (Å²) in [5.41, 5.74) is 4.30. The molecule has 0 aliphatic carbocycles. The maximum absolute atomic E-state index is 13.8. The summed E-state index contributed by atoms with van der Waals surface area (Å²) in [5.74, 6) is 0.211. The number of benzene rings is 1. The largest absolute Gasteiger partial charge is 0.342 e. The summed E-state index contributed by atoms with van der Waals surface area (Å²) in [6.07, 6.45) is 3.97. The lowest BCUT2D eigenvalue weighted by molar-refractivity contribution is -0.131. The van der Waals surface area contributed by atoms with E-state index in [4.69, 9.17) is 4.98 Å². The molecule has 2 aliphatic heterocycles. The molecule has 0 unspecified atom stereocenters. The molecule has 184 valence electrons. The van der Waals surface area contributed by atoms with Gasteiger partial charge in [0.2, 0.25) is 5.91 Å². The maximum atomic E-state index is 13.8. The lowest BCUT2D eigenvalue weighted by atomic mass is 10.0. The van der Waals surface area contributed by atoms with Crippen LogP contribution < -0.4 is 0 Å². The smallest absolute Gasteiger partial charge is 0.254 e. The number of hydrogen-bond acceptors (Lipinski definition) is 5. The minimum atomic E-state index is 0.000981. The molecular weight excluding hydrogens is 440 g/mol. The zero-order valence-corrected chi connectivity index (χ0v) is 20.9. The molecule has 8 heteroatoms. The Morgan fingerprint density at radius 1 is 0.971 bits per heavy atom. The number of fused-ring (bicyclic) bond motifs is 1. The summed E-state index contributed by atoms with van der Waals surface area (Å²) in [5, 5.41) is 5.34. The van der Waals surface area contributed by atoms with Crippen molar-refractivity contribution in [3.05, 3.63) is 47.7 Å². The van der Waals surface area contributed by atoms with Gasteiger partial charge in [0.05, 0.1) is 29.4 Å². The summed E-state index contributed by atoms with van der Waals surface area (Å²) < 4.78 is 1.88. The zero-order valence-electron chi connectivity index (χ0n) is 20.9. The van der Waals surface area contributed by atoms with Gasteiger partial charge >= 0.3 is 0 Å². The third kappa shape index (κ3) is 4.67. The van der Waals surface area contributed by atoms with E-state index in [2.05, 4.69) is 36.8 Å². The summed E-state index contributed by atoms with van der Waals surface area (Å²) in [6.45, 7) is 11.0. The Kier molecular flexibility index (Phi) is 6.56. The molecule has 8 nitrogen and oxygen atoms in total. The van der Waals surface area contributed by atoms with E-state index < -0.39 is 0 Å². The van der Waals surface area contributed by atoms with Crippen molar-refractivity contribution in [3.8, 4) is 11.3 Å². The Labute approximate surface area is 206 Å². The number of nitrogens with zero attached hydrogens (tertiary/aromatic N) is 6. The minimum Gasteiger partial charge on any atom is -0.342 e. The molecule has 0 bridgehead atoms. The summed E-state index contributed by atoms with van der Waals surface area (Å²) in [7, 11) is 0. The first-order chi connectivity index (χ1) is 16.9. The van der Waals surface area contributed by atoms with E-state index in [1.165, 1.54) is 0 Å². The van der Waals surface area contributed by atoms with Crippen LogP contribution in [0.3, 0.4) is 0 Å². The number of aryl methyl sites for hydroxylation is 1. The maximum Gasteiger partial charge on any atom is 0.254 e.